The van der Waals surface area contributed by atoms with E-state index in [4.69, 9.17) is 4.74 Å². The summed E-state index contributed by atoms with van der Waals surface area (Å²) in [7, 11) is 0. The van der Waals surface area contributed by atoms with Crippen LogP contribution in [0, 0.1) is 6.92 Å². The molecule has 0 bridgehead atoms. The van der Waals surface area contributed by atoms with Gasteiger partial charge in [-0.2, -0.15) is 0 Å². The second-order valence-electron chi connectivity index (χ2n) is 6.29. The summed E-state index contributed by atoms with van der Waals surface area (Å²) in [5.41, 5.74) is 3.42. The Bertz CT molecular complexity index is 474. The number of ether oxygens (including phenoxy) is 1. The zero-order chi connectivity index (χ0) is 14.0. The van der Waals surface area contributed by atoms with Gasteiger partial charge < -0.3 is 10.1 Å². The number of carbonyl (C=O) groups excluding carboxylic acids is 1. The Morgan fingerprint density at radius 3 is 2.84 bits per heavy atom. The molecule has 0 radical (unpaired) electrons. The average Bonchev–Trinajstić information content (AvgIpc) is 2.66. The molecule has 2 rings (SSSR count). The third-order valence-electron chi connectivity index (χ3n) is 3.30. The van der Waals surface area contributed by atoms with Crippen LogP contribution in [0.1, 0.15) is 50.7 Å². The molecule has 1 aliphatic heterocycles. The van der Waals surface area contributed by atoms with Crippen LogP contribution in [0.4, 0.5) is 5.69 Å². The Morgan fingerprint density at radius 1 is 1.42 bits per heavy atom. The molecule has 1 N–H and O–H groups in total. The van der Waals surface area contributed by atoms with Gasteiger partial charge in [-0.1, -0.05) is 17.7 Å². The summed E-state index contributed by atoms with van der Waals surface area (Å²) < 4.78 is 5.35. The molecule has 0 amide bonds. The fourth-order valence-corrected chi connectivity index (χ4v) is 2.47. The van der Waals surface area contributed by atoms with Crippen LogP contribution in [0.25, 0.3) is 0 Å². The van der Waals surface area contributed by atoms with Gasteiger partial charge in [0.25, 0.3) is 0 Å². The third-order valence-corrected chi connectivity index (χ3v) is 3.30. The highest BCUT2D eigenvalue weighted by molar-refractivity contribution is 5.70. The van der Waals surface area contributed by atoms with Crippen molar-refractivity contribution in [3.05, 3.63) is 29.3 Å². The van der Waals surface area contributed by atoms with Crippen molar-refractivity contribution in [3.63, 3.8) is 0 Å². The first-order chi connectivity index (χ1) is 8.85. The molecule has 0 aromatic heterocycles. The van der Waals surface area contributed by atoms with Crippen molar-refractivity contribution in [2.75, 3.05) is 11.9 Å². The number of hydrogen-bond acceptors (Lipinski definition) is 3. The molecule has 0 saturated heterocycles. The molecule has 0 spiro atoms. The number of aryl methyl sites for hydroxylation is 1. The number of esters is 1. The van der Waals surface area contributed by atoms with Gasteiger partial charge in [0.1, 0.15) is 5.60 Å². The second kappa shape index (κ2) is 5.24. The van der Waals surface area contributed by atoms with E-state index in [-0.39, 0.29) is 11.6 Å². The molecule has 3 nitrogen and oxygen atoms in total. The van der Waals surface area contributed by atoms with Crippen molar-refractivity contribution in [2.45, 2.75) is 52.1 Å². The summed E-state index contributed by atoms with van der Waals surface area (Å²) in [5, 5.41) is 3.40. The number of fused-ring (bicyclic) bond motifs is 1. The smallest absolute Gasteiger partial charge is 0.306 e. The molecular weight excluding hydrogens is 238 g/mol. The average molecular weight is 261 g/mol. The second-order valence-corrected chi connectivity index (χ2v) is 6.29. The molecule has 0 aliphatic carbocycles. The lowest BCUT2D eigenvalue weighted by atomic mass is 9.95. The maximum atomic E-state index is 11.8. The van der Waals surface area contributed by atoms with E-state index in [0.717, 1.165) is 13.0 Å². The van der Waals surface area contributed by atoms with E-state index < -0.39 is 0 Å². The Morgan fingerprint density at radius 2 is 2.16 bits per heavy atom. The first-order valence-electron chi connectivity index (χ1n) is 6.91. The summed E-state index contributed by atoms with van der Waals surface area (Å²) in [5.74, 6) is 0.316. The van der Waals surface area contributed by atoms with Crippen molar-refractivity contribution >= 4 is 11.7 Å². The van der Waals surface area contributed by atoms with Crippen molar-refractivity contribution < 1.29 is 9.53 Å². The minimum absolute atomic E-state index is 0.103. The van der Waals surface area contributed by atoms with E-state index in [0.29, 0.717) is 12.3 Å². The van der Waals surface area contributed by atoms with E-state index in [1.807, 2.05) is 20.8 Å². The molecule has 104 valence electrons. The van der Waals surface area contributed by atoms with E-state index in [1.165, 1.54) is 16.8 Å². The number of carbonyl (C=O) groups is 1. The fourth-order valence-electron chi connectivity index (χ4n) is 2.47. The van der Waals surface area contributed by atoms with Crippen LogP contribution < -0.4 is 5.32 Å². The van der Waals surface area contributed by atoms with Gasteiger partial charge in [-0.05, 0) is 45.7 Å². The minimum atomic E-state index is -0.389. The van der Waals surface area contributed by atoms with Crippen LogP contribution in [-0.4, -0.2) is 18.1 Å². The third kappa shape index (κ3) is 3.72. The Labute approximate surface area is 115 Å². The molecule has 1 heterocycles. The van der Waals surface area contributed by atoms with Gasteiger partial charge in [0, 0.05) is 24.6 Å². The van der Waals surface area contributed by atoms with Gasteiger partial charge >= 0.3 is 5.97 Å². The van der Waals surface area contributed by atoms with Gasteiger partial charge in [-0.15, -0.1) is 0 Å². The van der Waals surface area contributed by atoms with Crippen molar-refractivity contribution in [1.82, 2.24) is 0 Å². The SMILES string of the molecule is Cc1ccc2c(c1)C(CCC(=O)OC(C)(C)C)CN2. The molecule has 1 aliphatic rings. The quantitative estimate of drug-likeness (QED) is 0.844. The summed E-state index contributed by atoms with van der Waals surface area (Å²) in [6, 6.07) is 6.45. The van der Waals surface area contributed by atoms with Gasteiger partial charge in [-0.25, -0.2) is 0 Å². The van der Waals surface area contributed by atoms with Crippen LogP contribution in [0.5, 0.6) is 0 Å². The predicted octanol–water partition coefficient (Wildman–Crippen LogP) is 3.63. The molecule has 3 heteroatoms. The number of nitrogens with one attached hydrogen (secondary N) is 1. The van der Waals surface area contributed by atoms with E-state index in [9.17, 15) is 4.79 Å². The Hall–Kier alpha value is -1.51. The van der Waals surface area contributed by atoms with Crippen LogP contribution in [0.2, 0.25) is 0 Å². The van der Waals surface area contributed by atoms with E-state index >= 15 is 0 Å². The normalized spacial score (nSPS) is 17.8. The Kier molecular flexibility index (Phi) is 3.83. The number of benzene rings is 1. The van der Waals surface area contributed by atoms with Crippen molar-refractivity contribution in [2.24, 2.45) is 0 Å². The first kappa shape index (κ1) is 13.9. The highest BCUT2D eigenvalue weighted by Gasteiger charge is 2.24. The minimum Gasteiger partial charge on any atom is -0.460 e. The zero-order valence-corrected chi connectivity index (χ0v) is 12.2. The van der Waals surface area contributed by atoms with Gasteiger partial charge in [0.2, 0.25) is 0 Å². The molecule has 0 fully saturated rings. The maximum Gasteiger partial charge on any atom is 0.306 e. The van der Waals surface area contributed by atoms with Gasteiger partial charge in [0.05, 0.1) is 0 Å². The van der Waals surface area contributed by atoms with Gasteiger partial charge in [-0.3, -0.25) is 4.79 Å². The van der Waals surface area contributed by atoms with E-state index in [2.05, 4.69) is 30.4 Å². The van der Waals surface area contributed by atoms with Crippen LogP contribution in [-0.2, 0) is 9.53 Å². The molecule has 19 heavy (non-hydrogen) atoms. The van der Waals surface area contributed by atoms with Crippen molar-refractivity contribution in [1.29, 1.82) is 0 Å². The molecule has 0 saturated carbocycles. The lowest BCUT2D eigenvalue weighted by Gasteiger charge is -2.20. The highest BCUT2D eigenvalue weighted by Crippen LogP contribution is 2.35. The molecular formula is C16H23NO2. The molecule has 1 aromatic rings. The van der Waals surface area contributed by atoms with E-state index in [1.54, 1.807) is 0 Å². The van der Waals surface area contributed by atoms with Crippen LogP contribution in [0.3, 0.4) is 0 Å². The number of hydrogen-bond donors (Lipinski definition) is 1. The topological polar surface area (TPSA) is 38.3 Å². The van der Waals surface area contributed by atoms with Crippen LogP contribution >= 0.6 is 0 Å². The summed E-state index contributed by atoms with van der Waals surface area (Å²) in [6.45, 7) is 8.73. The molecule has 1 unspecified atom stereocenters. The highest BCUT2D eigenvalue weighted by atomic mass is 16.6. The van der Waals surface area contributed by atoms with Gasteiger partial charge in [0.15, 0.2) is 0 Å². The fraction of sp³-hybridized carbons (Fsp3) is 0.562. The number of anilines is 1. The van der Waals surface area contributed by atoms with Crippen molar-refractivity contribution in [3.8, 4) is 0 Å². The zero-order valence-electron chi connectivity index (χ0n) is 12.2. The summed E-state index contributed by atoms with van der Waals surface area (Å²) in [6.07, 6.45) is 1.33. The largest absolute Gasteiger partial charge is 0.460 e. The molecule has 1 aromatic carbocycles. The standard InChI is InChI=1S/C16H23NO2/c1-11-5-7-14-13(9-11)12(10-17-14)6-8-15(18)19-16(2,3)4/h5,7,9,12,17H,6,8,10H2,1-4H3. The Balaban J connectivity index is 1.93. The lowest BCUT2D eigenvalue weighted by molar-refractivity contribution is -0.155. The maximum absolute atomic E-state index is 11.8. The lowest BCUT2D eigenvalue weighted by Crippen LogP contribution is -2.24. The van der Waals surface area contributed by atoms with Crippen LogP contribution in [0.15, 0.2) is 18.2 Å². The molecule has 1 atom stereocenters. The predicted molar refractivity (Wildman–Crippen MR) is 77.5 cm³/mol. The summed E-state index contributed by atoms with van der Waals surface area (Å²) >= 11 is 0. The first-order valence-corrected chi connectivity index (χ1v) is 6.91. The number of rotatable bonds is 3. The summed E-state index contributed by atoms with van der Waals surface area (Å²) in [4.78, 5) is 11.8. The monoisotopic (exact) mass is 261 g/mol.